The predicted molar refractivity (Wildman–Crippen MR) is 117 cm³/mol. The molecule has 2 aliphatic rings. The average molecular weight is 421 g/mol. The molecule has 0 bridgehead atoms. The summed E-state index contributed by atoms with van der Waals surface area (Å²) in [5.41, 5.74) is 8.27. The van der Waals surface area contributed by atoms with Gasteiger partial charge in [0.25, 0.3) is 0 Å². The molecule has 1 amide bonds. The summed E-state index contributed by atoms with van der Waals surface area (Å²) in [5.74, 6) is 0.101. The zero-order valence-electron chi connectivity index (χ0n) is 17.7. The summed E-state index contributed by atoms with van der Waals surface area (Å²) >= 11 is 0. The molecule has 0 spiro atoms. The van der Waals surface area contributed by atoms with Crippen LogP contribution in [0.25, 0.3) is 11.1 Å². The smallest absolute Gasteiger partial charge is 0.420 e. The number of ether oxygens (including phenoxy) is 1. The molecule has 0 radical (unpaired) electrons. The lowest BCUT2D eigenvalue weighted by molar-refractivity contribution is -0.120. The van der Waals surface area contributed by atoms with Crippen LogP contribution in [0.1, 0.15) is 42.9 Å². The lowest BCUT2D eigenvalue weighted by Crippen LogP contribution is -2.32. The van der Waals surface area contributed by atoms with E-state index in [4.69, 9.17) is 14.9 Å². The maximum Gasteiger partial charge on any atom is 0.420 e. The predicted octanol–water partition coefficient (Wildman–Crippen LogP) is 2.96. The first kappa shape index (κ1) is 19.9. The number of methoxy groups -OCH3 is 1. The fourth-order valence-corrected chi connectivity index (χ4v) is 4.84. The average Bonchev–Trinajstić information content (AvgIpc) is 3.31. The number of hydrogen-bond donors (Lipinski definition) is 1. The number of carbonyl (C=O) groups is 1. The number of oxazole rings is 1. The summed E-state index contributed by atoms with van der Waals surface area (Å²) in [6.45, 7) is 2.44. The van der Waals surface area contributed by atoms with Crippen molar-refractivity contribution in [3.63, 3.8) is 0 Å². The Hall–Kier alpha value is -3.06. The van der Waals surface area contributed by atoms with Crippen LogP contribution >= 0.6 is 0 Å². The number of carbonyl (C=O) groups excluding carboxylic acids is 1. The minimum absolute atomic E-state index is 0.0192. The van der Waals surface area contributed by atoms with Gasteiger partial charge < -0.3 is 14.9 Å². The van der Waals surface area contributed by atoms with Gasteiger partial charge in [0.2, 0.25) is 5.91 Å². The van der Waals surface area contributed by atoms with Gasteiger partial charge in [-0.15, -0.1) is 0 Å². The first-order valence-electron chi connectivity index (χ1n) is 10.8. The molecule has 2 fully saturated rings. The van der Waals surface area contributed by atoms with E-state index in [0.717, 1.165) is 55.6 Å². The van der Waals surface area contributed by atoms with E-state index in [1.807, 2.05) is 30.3 Å². The van der Waals surface area contributed by atoms with Gasteiger partial charge in [0.15, 0.2) is 5.58 Å². The van der Waals surface area contributed by atoms with Gasteiger partial charge >= 0.3 is 5.76 Å². The molecule has 7 nitrogen and oxygen atoms in total. The summed E-state index contributed by atoms with van der Waals surface area (Å²) in [5, 5.41) is 0. The van der Waals surface area contributed by atoms with Crippen molar-refractivity contribution < 1.29 is 13.9 Å². The van der Waals surface area contributed by atoms with E-state index in [0.29, 0.717) is 17.6 Å². The molecule has 1 aliphatic heterocycles. The fraction of sp³-hybridized carbons (Fsp3) is 0.417. The second kappa shape index (κ2) is 7.57. The topological polar surface area (TPSA) is 90.7 Å². The van der Waals surface area contributed by atoms with Crippen LogP contribution in [-0.4, -0.2) is 35.6 Å². The van der Waals surface area contributed by atoms with Crippen molar-refractivity contribution >= 4 is 17.0 Å². The molecule has 2 N–H and O–H groups in total. The number of amides is 1. The van der Waals surface area contributed by atoms with Crippen LogP contribution in [-0.2, 0) is 16.8 Å². The number of hydrogen-bond acceptors (Lipinski definition) is 5. The zero-order valence-corrected chi connectivity index (χ0v) is 17.7. The Morgan fingerprint density at radius 1 is 1.19 bits per heavy atom. The van der Waals surface area contributed by atoms with Crippen LogP contribution in [0.5, 0.6) is 5.75 Å². The van der Waals surface area contributed by atoms with Crippen molar-refractivity contribution in [1.82, 2.24) is 9.47 Å². The minimum Gasteiger partial charge on any atom is -0.497 e. The summed E-state index contributed by atoms with van der Waals surface area (Å²) < 4.78 is 12.7. The second-order valence-corrected chi connectivity index (χ2v) is 8.64. The van der Waals surface area contributed by atoms with E-state index < -0.39 is 5.41 Å². The van der Waals surface area contributed by atoms with Gasteiger partial charge in [-0.1, -0.05) is 18.2 Å². The van der Waals surface area contributed by atoms with Gasteiger partial charge in [-0.25, -0.2) is 4.79 Å². The van der Waals surface area contributed by atoms with Crippen LogP contribution in [0.3, 0.4) is 0 Å². The molecule has 2 aromatic carbocycles. The molecule has 162 valence electrons. The van der Waals surface area contributed by atoms with Crippen LogP contribution < -0.4 is 16.2 Å². The Kier molecular flexibility index (Phi) is 4.85. The van der Waals surface area contributed by atoms with Crippen molar-refractivity contribution in [1.29, 1.82) is 0 Å². The quantitative estimate of drug-likeness (QED) is 0.633. The number of nitrogens with zero attached hydrogens (tertiary/aromatic N) is 2. The van der Waals surface area contributed by atoms with Crippen molar-refractivity contribution in [2.24, 2.45) is 5.73 Å². The van der Waals surface area contributed by atoms with E-state index in [9.17, 15) is 9.59 Å². The highest BCUT2D eigenvalue weighted by Crippen LogP contribution is 2.48. The van der Waals surface area contributed by atoms with Crippen molar-refractivity contribution in [3.05, 3.63) is 64.1 Å². The lowest BCUT2D eigenvalue weighted by Gasteiger charge is -2.28. The summed E-state index contributed by atoms with van der Waals surface area (Å²) in [4.78, 5) is 27.2. The Morgan fingerprint density at radius 3 is 2.65 bits per heavy atom. The van der Waals surface area contributed by atoms with Gasteiger partial charge in [0.05, 0.1) is 24.1 Å². The second-order valence-electron chi connectivity index (χ2n) is 8.64. The number of rotatable bonds is 7. The first-order chi connectivity index (χ1) is 15.0. The lowest BCUT2D eigenvalue weighted by atomic mass is 9.95. The fourth-order valence-electron chi connectivity index (χ4n) is 4.84. The number of nitrogens with two attached hydrogens (primary N) is 1. The first-order valence-corrected chi connectivity index (χ1v) is 10.8. The van der Waals surface area contributed by atoms with Crippen LogP contribution in [0.4, 0.5) is 0 Å². The Bertz CT molecular complexity index is 1180. The van der Waals surface area contributed by atoms with Crippen molar-refractivity contribution in [2.45, 2.75) is 43.7 Å². The van der Waals surface area contributed by atoms with Gasteiger partial charge in [0.1, 0.15) is 5.75 Å². The molecule has 1 aromatic heterocycles. The van der Waals surface area contributed by atoms with Gasteiger partial charge in [-0.3, -0.25) is 14.3 Å². The van der Waals surface area contributed by atoms with E-state index >= 15 is 0 Å². The monoisotopic (exact) mass is 421 g/mol. The summed E-state index contributed by atoms with van der Waals surface area (Å²) in [6.07, 6.45) is 3.78. The van der Waals surface area contributed by atoms with E-state index in [1.54, 1.807) is 17.7 Å². The molecule has 31 heavy (non-hydrogen) atoms. The number of likely N-dealkylation sites (tertiary alicyclic amines) is 1. The third-order valence-corrected chi connectivity index (χ3v) is 6.86. The third-order valence-electron chi connectivity index (χ3n) is 6.86. The Morgan fingerprint density at radius 2 is 1.97 bits per heavy atom. The molecular formula is C24H27N3O4. The molecule has 3 aromatic rings. The van der Waals surface area contributed by atoms with Crippen LogP contribution in [0, 0.1) is 0 Å². The number of primary amides is 1. The summed E-state index contributed by atoms with van der Waals surface area (Å²) in [7, 11) is 1.66. The van der Waals surface area contributed by atoms with Gasteiger partial charge in [0, 0.05) is 6.54 Å². The Labute approximate surface area is 180 Å². The largest absolute Gasteiger partial charge is 0.497 e. The van der Waals surface area contributed by atoms with E-state index in [1.165, 1.54) is 0 Å². The molecule has 7 heteroatoms. The molecular weight excluding hydrogens is 394 g/mol. The van der Waals surface area contributed by atoms with Gasteiger partial charge in [-0.2, -0.15) is 0 Å². The molecule has 1 saturated carbocycles. The van der Waals surface area contributed by atoms with Gasteiger partial charge in [-0.05, 0) is 74.2 Å². The highest BCUT2D eigenvalue weighted by atomic mass is 16.5. The molecule has 2 heterocycles. The molecule has 1 saturated heterocycles. The maximum atomic E-state index is 12.8. The minimum atomic E-state index is -0.604. The summed E-state index contributed by atoms with van der Waals surface area (Å²) in [6, 6.07) is 13.6. The van der Waals surface area contributed by atoms with Crippen molar-refractivity contribution in [3.8, 4) is 5.75 Å². The zero-order chi connectivity index (χ0) is 21.6. The maximum absolute atomic E-state index is 12.8. The Balaban J connectivity index is 1.57. The number of fused-ring (bicyclic) bond motifs is 1. The van der Waals surface area contributed by atoms with Crippen LogP contribution in [0.15, 0.2) is 51.7 Å². The molecule has 1 unspecified atom stereocenters. The van der Waals surface area contributed by atoms with Crippen LogP contribution in [0.2, 0.25) is 0 Å². The molecule has 5 rings (SSSR count). The standard InChI is InChI=1S/C24H27N3O4/c1-30-18-6-4-5-16(13-18)20(26-11-2-3-12-26)15-27-19-14-17(24(9-10-24)22(25)28)7-8-21(19)31-23(27)29/h4-8,13-14,20H,2-3,9-12,15H2,1H3,(H2,25,28). The highest BCUT2D eigenvalue weighted by molar-refractivity contribution is 5.91. The van der Waals surface area contributed by atoms with Crippen molar-refractivity contribution in [2.75, 3.05) is 20.2 Å². The van der Waals surface area contributed by atoms with E-state index in [-0.39, 0.29) is 17.7 Å². The molecule has 1 aliphatic carbocycles. The van der Waals surface area contributed by atoms with E-state index in [2.05, 4.69) is 11.0 Å². The SMILES string of the molecule is COc1cccc(C(Cn2c(=O)oc3ccc(C4(C(N)=O)CC4)cc32)N2CCCC2)c1. The molecule has 1 atom stereocenters. The number of benzene rings is 2. The highest BCUT2D eigenvalue weighted by Gasteiger charge is 2.50. The normalized spacial score (nSPS) is 18.9. The third kappa shape index (κ3) is 3.43. The number of aromatic nitrogens is 1.